The Hall–Kier alpha value is -1.78. The molecule has 1 fully saturated rings. The first-order chi connectivity index (χ1) is 9.83. The van der Waals surface area contributed by atoms with Gasteiger partial charge in [0.2, 0.25) is 5.95 Å². The predicted octanol–water partition coefficient (Wildman–Crippen LogP) is 2.90. The predicted molar refractivity (Wildman–Crippen MR) is 79.8 cm³/mol. The maximum Gasteiger partial charge on any atom is 0.202 e. The van der Waals surface area contributed by atoms with Crippen molar-refractivity contribution in [2.75, 3.05) is 5.32 Å². The first kappa shape index (κ1) is 13.2. The molecule has 2 aromatic heterocycles. The molecule has 5 heteroatoms. The van der Waals surface area contributed by atoms with Crippen molar-refractivity contribution >= 4 is 5.95 Å². The Balaban J connectivity index is 1.52. The zero-order chi connectivity index (χ0) is 13.8. The van der Waals surface area contributed by atoms with E-state index in [-0.39, 0.29) is 0 Å². The molecule has 2 aromatic rings. The second kappa shape index (κ2) is 6.11. The lowest BCUT2D eigenvalue weighted by Crippen LogP contribution is -2.18. The second-order valence-corrected chi connectivity index (χ2v) is 5.69. The number of rotatable bonds is 6. The quantitative estimate of drug-likeness (QED) is 0.851. The van der Waals surface area contributed by atoms with Crippen molar-refractivity contribution in [2.45, 2.75) is 58.0 Å². The van der Waals surface area contributed by atoms with Gasteiger partial charge in [-0.2, -0.15) is 5.10 Å². The molecule has 1 aliphatic rings. The van der Waals surface area contributed by atoms with Crippen LogP contribution in [0.2, 0.25) is 0 Å². The van der Waals surface area contributed by atoms with Crippen molar-refractivity contribution in [2.24, 2.45) is 0 Å². The summed E-state index contributed by atoms with van der Waals surface area (Å²) < 4.78 is 2.23. The third kappa shape index (κ3) is 3.03. The number of imidazole rings is 1. The SMILES string of the molecule is Cc1[nH]ncc1CCCn1ccnc1NC1CCCC1. The molecule has 1 aliphatic carbocycles. The molecule has 20 heavy (non-hydrogen) atoms. The smallest absolute Gasteiger partial charge is 0.202 e. The van der Waals surface area contributed by atoms with Crippen LogP contribution in [0.15, 0.2) is 18.6 Å². The number of nitrogens with zero attached hydrogens (tertiary/aromatic N) is 3. The Bertz CT molecular complexity index is 536. The maximum absolute atomic E-state index is 4.45. The van der Waals surface area contributed by atoms with Crippen LogP contribution in [-0.2, 0) is 13.0 Å². The molecule has 0 aliphatic heterocycles. The first-order valence-electron chi connectivity index (χ1n) is 7.59. The average molecular weight is 273 g/mol. The summed E-state index contributed by atoms with van der Waals surface area (Å²) in [6, 6.07) is 0.618. The van der Waals surface area contributed by atoms with Gasteiger partial charge in [-0.3, -0.25) is 5.10 Å². The highest BCUT2D eigenvalue weighted by Crippen LogP contribution is 2.21. The molecule has 0 atom stereocenters. The Kier molecular flexibility index (Phi) is 4.04. The third-order valence-corrected chi connectivity index (χ3v) is 4.18. The van der Waals surface area contributed by atoms with Crippen molar-refractivity contribution in [3.63, 3.8) is 0 Å². The van der Waals surface area contributed by atoms with Crippen LogP contribution < -0.4 is 5.32 Å². The van der Waals surface area contributed by atoms with Gasteiger partial charge in [-0.15, -0.1) is 0 Å². The van der Waals surface area contributed by atoms with Gasteiger partial charge in [0.1, 0.15) is 0 Å². The van der Waals surface area contributed by atoms with E-state index in [9.17, 15) is 0 Å². The molecule has 0 spiro atoms. The Morgan fingerprint density at radius 2 is 2.25 bits per heavy atom. The van der Waals surface area contributed by atoms with E-state index in [1.165, 1.54) is 36.9 Å². The summed E-state index contributed by atoms with van der Waals surface area (Å²) in [5.74, 6) is 1.03. The highest BCUT2D eigenvalue weighted by molar-refractivity contribution is 5.28. The normalized spacial score (nSPS) is 15.8. The van der Waals surface area contributed by atoms with Gasteiger partial charge in [0.05, 0.1) is 6.20 Å². The monoisotopic (exact) mass is 273 g/mol. The zero-order valence-electron chi connectivity index (χ0n) is 12.1. The lowest BCUT2D eigenvalue weighted by molar-refractivity contribution is 0.633. The van der Waals surface area contributed by atoms with Crippen molar-refractivity contribution in [1.82, 2.24) is 19.7 Å². The van der Waals surface area contributed by atoms with E-state index in [1.54, 1.807) is 0 Å². The van der Waals surface area contributed by atoms with Crippen LogP contribution in [-0.4, -0.2) is 25.8 Å². The Morgan fingerprint density at radius 1 is 1.40 bits per heavy atom. The van der Waals surface area contributed by atoms with Gasteiger partial charge < -0.3 is 9.88 Å². The molecule has 0 aromatic carbocycles. The van der Waals surface area contributed by atoms with Crippen LogP contribution >= 0.6 is 0 Å². The minimum atomic E-state index is 0.618. The lowest BCUT2D eigenvalue weighted by atomic mass is 10.1. The van der Waals surface area contributed by atoms with E-state index in [1.807, 2.05) is 12.4 Å². The molecule has 108 valence electrons. The Morgan fingerprint density at radius 3 is 3.00 bits per heavy atom. The van der Waals surface area contributed by atoms with Crippen molar-refractivity contribution in [3.8, 4) is 0 Å². The molecule has 0 amide bonds. The topological polar surface area (TPSA) is 58.5 Å². The van der Waals surface area contributed by atoms with Gasteiger partial charge in [-0.25, -0.2) is 4.98 Å². The van der Waals surface area contributed by atoms with Gasteiger partial charge in [0, 0.05) is 30.7 Å². The summed E-state index contributed by atoms with van der Waals surface area (Å²) in [4.78, 5) is 4.45. The van der Waals surface area contributed by atoms with Crippen molar-refractivity contribution < 1.29 is 0 Å². The number of anilines is 1. The van der Waals surface area contributed by atoms with Gasteiger partial charge in [-0.05, 0) is 38.2 Å². The molecule has 3 rings (SSSR count). The standard InChI is InChI=1S/C15H23N5/c1-12-13(11-17-19-12)5-4-9-20-10-8-16-15(20)18-14-6-2-3-7-14/h8,10-11,14H,2-7,9H2,1H3,(H,16,18)(H,17,19). The molecule has 0 radical (unpaired) electrons. The minimum Gasteiger partial charge on any atom is -0.353 e. The summed E-state index contributed by atoms with van der Waals surface area (Å²) in [5.41, 5.74) is 2.50. The fourth-order valence-electron chi connectivity index (χ4n) is 2.95. The van der Waals surface area contributed by atoms with Crippen LogP contribution in [0.3, 0.4) is 0 Å². The first-order valence-corrected chi connectivity index (χ1v) is 7.59. The summed E-state index contributed by atoms with van der Waals surface area (Å²) in [7, 11) is 0. The van der Waals surface area contributed by atoms with Crippen LogP contribution in [0.4, 0.5) is 5.95 Å². The lowest BCUT2D eigenvalue weighted by Gasteiger charge is -2.14. The van der Waals surface area contributed by atoms with Crippen LogP contribution in [0.25, 0.3) is 0 Å². The average Bonchev–Trinajstić information content (AvgIpc) is 3.15. The van der Waals surface area contributed by atoms with Crippen LogP contribution in [0.5, 0.6) is 0 Å². The number of hydrogen-bond acceptors (Lipinski definition) is 3. The highest BCUT2D eigenvalue weighted by atomic mass is 15.2. The summed E-state index contributed by atoms with van der Waals surface area (Å²) in [5, 5.41) is 10.6. The van der Waals surface area contributed by atoms with E-state index in [4.69, 9.17) is 0 Å². The van der Waals surface area contributed by atoms with E-state index < -0.39 is 0 Å². The highest BCUT2D eigenvalue weighted by Gasteiger charge is 2.16. The number of nitrogens with one attached hydrogen (secondary N) is 2. The molecular weight excluding hydrogens is 250 g/mol. The van der Waals surface area contributed by atoms with Crippen molar-refractivity contribution in [3.05, 3.63) is 29.8 Å². The summed E-state index contributed by atoms with van der Waals surface area (Å²) in [6.07, 6.45) is 13.3. The molecule has 5 nitrogen and oxygen atoms in total. The number of aryl methyl sites for hydroxylation is 3. The Labute approximate surface area is 119 Å². The fourth-order valence-corrected chi connectivity index (χ4v) is 2.95. The molecular formula is C15H23N5. The number of hydrogen-bond donors (Lipinski definition) is 2. The molecule has 0 saturated heterocycles. The van der Waals surface area contributed by atoms with E-state index in [0.717, 1.165) is 25.3 Å². The van der Waals surface area contributed by atoms with Gasteiger partial charge in [0.25, 0.3) is 0 Å². The van der Waals surface area contributed by atoms with Gasteiger partial charge >= 0.3 is 0 Å². The molecule has 0 bridgehead atoms. The maximum atomic E-state index is 4.45. The van der Waals surface area contributed by atoms with Gasteiger partial charge in [-0.1, -0.05) is 12.8 Å². The third-order valence-electron chi connectivity index (χ3n) is 4.18. The molecule has 2 heterocycles. The number of aromatic nitrogens is 4. The number of H-pyrrole nitrogens is 1. The largest absolute Gasteiger partial charge is 0.353 e. The van der Waals surface area contributed by atoms with Crippen molar-refractivity contribution in [1.29, 1.82) is 0 Å². The van der Waals surface area contributed by atoms with E-state index in [2.05, 4.69) is 38.2 Å². The number of aromatic amines is 1. The van der Waals surface area contributed by atoms with Gasteiger partial charge in [0.15, 0.2) is 0 Å². The summed E-state index contributed by atoms with van der Waals surface area (Å²) >= 11 is 0. The molecule has 2 N–H and O–H groups in total. The molecule has 0 unspecified atom stereocenters. The molecule has 1 saturated carbocycles. The van der Waals surface area contributed by atoms with Crippen LogP contribution in [0, 0.1) is 6.92 Å². The second-order valence-electron chi connectivity index (χ2n) is 5.69. The summed E-state index contributed by atoms with van der Waals surface area (Å²) in [6.45, 7) is 3.08. The van der Waals surface area contributed by atoms with Crippen LogP contribution in [0.1, 0.15) is 43.4 Å². The van der Waals surface area contributed by atoms with E-state index >= 15 is 0 Å². The minimum absolute atomic E-state index is 0.618. The fraction of sp³-hybridized carbons (Fsp3) is 0.600. The zero-order valence-corrected chi connectivity index (χ0v) is 12.1. The van der Waals surface area contributed by atoms with E-state index in [0.29, 0.717) is 6.04 Å².